The van der Waals surface area contributed by atoms with E-state index in [2.05, 4.69) is 23.6 Å². The Kier molecular flexibility index (Phi) is 3.19. The first-order chi connectivity index (χ1) is 8.66. The highest BCUT2D eigenvalue weighted by molar-refractivity contribution is 7.74. The average molecular weight is 311 g/mol. The summed E-state index contributed by atoms with van der Waals surface area (Å²) in [6, 6.07) is 10.4. The van der Waals surface area contributed by atoms with Crippen LogP contribution in [0.4, 0.5) is 0 Å². The Bertz CT molecular complexity index is 793. The van der Waals surface area contributed by atoms with E-state index in [9.17, 15) is 4.79 Å². The Hall–Kier alpha value is -0.820. The molecule has 0 bridgehead atoms. The summed E-state index contributed by atoms with van der Waals surface area (Å²) in [5.74, 6) is 0. The molecular formula is C12H9NOS4. The molecule has 1 aromatic carbocycles. The zero-order valence-electron chi connectivity index (χ0n) is 9.45. The molecule has 0 amide bonds. The lowest BCUT2D eigenvalue weighted by atomic mass is 10.1. The third kappa shape index (κ3) is 1.99. The second-order valence-corrected chi connectivity index (χ2v) is 7.98. The molecule has 3 rings (SSSR count). The summed E-state index contributed by atoms with van der Waals surface area (Å²) in [4.78, 5) is 12.5. The quantitative estimate of drug-likeness (QED) is 0.649. The first-order valence-electron chi connectivity index (χ1n) is 5.37. The van der Waals surface area contributed by atoms with Gasteiger partial charge in [0.25, 0.3) is 4.06 Å². The van der Waals surface area contributed by atoms with E-state index in [0.29, 0.717) is 0 Å². The van der Waals surface area contributed by atoms with E-state index in [1.54, 1.807) is 0 Å². The van der Waals surface area contributed by atoms with Crippen LogP contribution in [0.25, 0.3) is 8.84 Å². The number of rotatable bonds is 2. The predicted octanol–water partition coefficient (Wildman–Crippen LogP) is 4.52. The van der Waals surface area contributed by atoms with Crippen LogP contribution in [0.2, 0.25) is 0 Å². The zero-order chi connectivity index (χ0) is 12.7. The van der Waals surface area contributed by atoms with Crippen molar-refractivity contribution in [3.05, 3.63) is 48.7 Å². The molecule has 0 saturated heterocycles. The molecule has 0 unspecified atom stereocenters. The largest absolute Gasteiger partial charge is 0.306 e. The van der Waals surface area contributed by atoms with Crippen molar-refractivity contribution in [1.29, 1.82) is 0 Å². The summed E-state index contributed by atoms with van der Waals surface area (Å²) in [5, 5.41) is 0. The molecule has 0 aliphatic carbocycles. The molecule has 1 atom stereocenters. The van der Waals surface area contributed by atoms with Crippen LogP contribution in [-0.4, -0.2) is 4.57 Å². The molecule has 3 aromatic rings. The fourth-order valence-corrected chi connectivity index (χ4v) is 6.23. The lowest BCUT2D eigenvalue weighted by Crippen LogP contribution is -2.05. The second-order valence-electron chi connectivity index (χ2n) is 3.87. The molecule has 0 saturated carbocycles. The van der Waals surface area contributed by atoms with Crippen LogP contribution in [0, 0.1) is 3.95 Å². The Morgan fingerprint density at radius 2 is 1.89 bits per heavy atom. The van der Waals surface area contributed by atoms with Crippen LogP contribution < -0.4 is 4.06 Å². The Labute approximate surface area is 121 Å². The average Bonchev–Trinajstić information content (AvgIpc) is 2.84. The standard InChI is InChI=1S/C12H9NOS4/c1-7(8-5-3-2-4-6-8)13-9-10(17-11(13)15)18-12(14)16-9/h2-7H,1H3/t7-/m1/s1. The van der Waals surface area contributed by atoms with Gasteiger partial charge in [0.2, 0.25) is 0 Å². The minimum atomic E-state index is 0.139. The van der Waals surface area contributed by atoms with E-state index >= 15 is 0 Å². The van der Waals surface area contributed by atoms with E-state index in [4.69, 9.17) is 12.2 Å². The molecule has 2 heterocycles. The molecule has 2 aromatic heterocycles. The van der Waals surface area contributed by atoms with Gasteiger partial charge in [-0.05, 0) is 24.7 Å². The lowest BCUT2D eigenvalue weighted by molar-refractivity contribution is 0.665. The predicted molar refractivity (Wildman–Crippen MR) is 82.9 cm³/mol. The van der Waals surface area contributed by atoms with Gasteiger partial charge in [0.15, 0.2) is 3.95 Å². The molecule has 6 heteroatoms. The molecule has 0 radical (unpaired) electrons. The van der Waals surface area contributed by atoms with Crippen molar-refractivity contribution < 1.29 is 0 Å². The van der Waals surface area contributed by atoms with Gasteiger partial charge in [-0.2, -0.15) is 0 Å². The molecular weight excluding hydrogens is 302 g/mol. The zero-order valence-corrected chi connectivity index (χ0v) is 12.7. The van der Waals surface area contributed by atoms with Crippen molar-refractivity contribution in [3.8, 4) is 0 Å². The molecule has 92 valence electrons. The number of thiazole rings is 1. The van der Waals surface area contributed by atoms with E-state index in [1.165, 1.54) is 39.6 Å². The minimum Gasteiger partial charge on any atom is -0.306 e. The van der Waals surface area contributed by atoms with Crippen LogP contribution >= 0.6 is 46.2 Å². The smallest absolute Gasteiger partial charge is 0.290 e. The highest BCUT2D eigenvalue weighted by atomic mass is 32.2. The van der Waals surface area contributed by atoms with Gasteiger partial charge in [-0.25, -0.2) is 0 Å². The first kappa shape index (κ1) is 12.2. The van der Waals surface area contributed by atoms with E-state index in [0.717, 1.165) is 12.8 Å². The summed E-state index contributed by atoms with van der Waals surface area (Å²) in [6.07, 6.45) is 0. The van der Waals surface area contributed by atoms with Crippen LogP contribution in [0.15, 0.2) is 35.1 Å². The van der Waals surface area contributed by atoms with Crippen molar-refractivity contribution in [2.45, 2.75) is 13.0 Å². The number of nitrogens with zero attached hydrogens (tertiary/aromatic N) is 1. The third-order valence-corrected chi connectivity index (χ3v) is 6.56. The summed E-state index contributed by atoms with van der Waals surface area (Å²) < 4.78 is 4.11. The highest BCUT2D eigenvalue weighted by Gasteiger charge is 2.15. The maximum atomic E-state index is 11.5. The van der Waals surface area contributed by atoms with Crippen molar-refractivity contribution >= 4 is 55.1 Å². The first-order valence-corrected chi connectivity index (χ1v) is 8.22. The summed E-state index contributed by atoms with van der Waals surface area (Å²) in [7, 11) is 0. The maximum absolute atomic E-state index is 11.5. The summed E-state index contributed by atoms with van der Waals surface area (Å²) in [6.45, 7) is 2.12. The fraction of sp³-hybridized carbons (Fsp3) is 0.167. The Balaban J connectivity index is 2.22. The monoisotopic (exact) mass is 311 g/mol. The topological polar surface area (TPSA) is 22.0 Å². The second kappa shape index (κ2) is 4.70. The molecule has 18 heavy (non-hydrogen) atoms. The van der Waals surface area contributed by atoms with Gasteiger partial charge >= 0.3 is 0 Å². The fourth-order valence-electron chi connectivity index (χ4n) is 1.90. The number of aromatic nitrogens is 1. The van der Waals surface area contributed by atoms with Crippen molar-refractivity contribution in [3.63, 3.8) is 0 Å². The molecule has 0 aliphatic heterocycles. The van der Waals surface area contributed by atoms with Gasteiger partial charge in [-0.15, -0.1) is 0 Å². The number of benzene rings is 1. The van der Waals surface area contributed by atoms with Crippen LogP contribution in [0.1, 0.15) is 18.5 Å². The van der Waals surface area contributed by atoms with Crippen LogP contribution in [0.5, 0.6) is 0 Å². The molecule has 2 nitrogen and oxygen atoms in total. The lowest BCUT2D eigenvalue weighted by Gasteiger charge is -2.13. The van der Waals surface area contributed by atoms with Crippen LogP contribution in [0.3, 0.4) is 0 Å². The number of hydrogen-bond donors (Lipinski definition) is 0. The Morgan fingerprint density at radius 3 is 2.61 bits per heavy atom. The third-order valence-electron chi connectivity index (χ3n) is 2.80. The van der Waals surface area contributed by atoms with Crippen molar-refractivity contribution in [2.75, 3.05) is 0 Å². The normalized spacial score (nSPS) is 12.9. The van der Waals surface area contributed by atoms with Crippen LogP contribution in [-0.2, 0) is 0 Å². The number of hydrogen-bond acceptors (Lipinski definition) is 5. The maximum Gasteiger partial charge on any atom is 0.290 e. The summed E-state index contributed by atoms with van der Waals surface area (Å²) in [5.41, 5.74) is 1.21. The van der Waals surface area contributed by atoms with Gasteiger partial charge in [0.05, 0.1) is 6.04 Å². The van der Waals surface area contributed by atoms with E-state index in [1.807, 2.05) is 18.2 Å². The molecule has 0 aliphatic rings. The number of fused-ring (bicyclic) bond motifs is 1. The van der Waals surface area contributed by atoms with Gasteiger partial charge < -0.3 is 4.57 Å². The van der Waals surface area contributed by atoms with Gasteiger partial charge in [-0.3, -0.25) is 4.79 Å². The van der Waals surface area contributed by atoms with E-state index in [-0.39, 0.29) is 10.1 Å². The Morgan fingerprint density at radius 1 is 1.17 bits per heavy atom. The molecule has 0 N–H and O–H groups in total. The van der Waals surface area contributed by atoms with Crippen molar-refractivity contribution in [1.82, 2.24) is 4.57 Å². The van der Waals surface area contributed by atoms with Gasteiger partial charge in [0.1, 0.15) is 8.84 Å². The minimum absolute atomic E-state index is 0.139. The van der Waals surface area contributed by atoms with Gasteiger partial charge in [-0.1, -0.05) is 64.3 Å². The molecule has 0 spiro atoms. The summed E-state index contributed by atoms with van der Waals surface area (Å²) >= 11 is 9.53. The van der Waals surface area contributed by atoms with E-state index < -0.39 is 0 Å². The molecule has 0 fully saturated rings. The highest BCUT2D eigenvalue weighted by Crippen LogP contribution is 2.33. The van der Waals surface area contributed by atoms with Gasteiger partial charge in [0, 0.05) is 0 Å². The van der Waals surface area contributed by atoms with Crippen molar-refractivity contribution in [2.24, 2.45) is 0 Å². The SMILES string of the molecule is C[C@H](c1ccccc1)n1c(=S)sc2sc(=O)sc21.